The Bertz CT molecular complexity index is 357. The van der Waals surface area contributed by atoms with Crippen LogP contribution >= 0.6 is 0 Å². The molecule has 0 amide bonds. The molecular formula is C10H6O2Pb. The third kappa shape index (κ3) is 1.77. The zero-order chi connectivity index (χ0) is 8.55. The summed E-state index contributed by atoms with van der Waals surface area (Å²) < 4.78 is 0. The monoisotopic (exact) mass is 366 g/mol. The third-order valence-electron chi connectivity index (χ3n) is 1.84. The van der Waals surface area contributed by atoms with Crippen LogP contribution in [0.5, 0.6) is 0 Å². The molecule has 0 fully saturated rings. The summed E-state index contributed by atoms with van der Waals surface area (Å²) in [5.74, 6) is -0.185. The van der Waals surface area contributed by atoms with Gasteiger partial charge >= 0.3 is 0 Å². The first kappa shape index (κ1) is 10.3. The molecule has 1 aliphatic rings. The van der Waals surface area contributed by atoms with Gasteiger partial charge in [-0.2, -0.15) is 0 Å². The molecule has 0 heterocycles. The van der Waals surface area contributed by atoms with Crippen LogP contribution < -0.4 is 0 Å². The predicted molar refractivity (Wildman–Crippen MR) is 50.0 cm³/mol. The molecule has 13 heavy (non-hydrogen) atoms. The second-order valence-electron chi connectivity index (χ2n) is 2.61. The summed E-state index contributed by atoms with van der Waals surface area (Å²) in [6.07, 6.45) is 2.62. The Hall–Kier alpha value is -0.778. The molecule has 1 aliphatic carbocycles. The van der Waals surface area contributed by atoms with E-state index in [1.54, 1.807) is 24.3 Å². The van der Waals surface area contributed by atoms with Crippen LogP contribution in [0.25, 0.3) is 0 Å². The van der Waals surface area contributed by atoms with Gasteiger partial charge in [0.2, 0.25) is 0 Å². The summed E-state index contributed by atoms with van der Waals surface area (Å²) >= 11 is 0. The van der Waals surface area contributed by atoms with Gasteiger partial charge in [-0.3, -0.25) is 9.59 Å². The molecule has 0 saturated heterocycles. The minimum Gasteiger partial charge on any atom is -0.289 e. The molecule has 0 atom stereocenters. The number of rotatable bonds is 0. The van der Waals surface area contributed by atoms with E-state index in [1.165, 1.54) is 12.2 Å². The van der Waals surface area contributed by atoms with E-state index < -0.39 is 0 Å². The van der Waals surface area contributed by atoms with E-state index in [1.807, 2.05) is 0 Å². The fourth-order valence-corrected chi connectivity index (χ4v) is 1.24. The van der Waals surface area contributed by atoms with Crippen LogP contribution in [0.4, 0.5) is 0 Å². The average Bonchev–Trinajstić information content (AvgIpc) is 2.12. The summed E-state index contributed by atoms with van der Waals surface area (Å²) in [6.45, 7) is 0. The molecule has 0 saturated carbocycles. The number of hydrogen-bond acceptors (Lipinski definition) is 2. The van der Waals surface area contributed by atoms with Crippen molar-refractivity contribution in [2.24, 2.45) is 0 Å². The number of carbonyl (C=O) groups excluding carboxylic acids is 2. The van der Waals surface area contributed by atoms with Crippen molar-refractivity contribution in [3.8, 4) is 0 Å². The van der Waals surface area contributed by atoms with Crippen LogP contribution in [-0.2, 0) is 0 Å². The maximum atomic E-state index is 11.2. The zero-order valence-corrected chi connectivity index (χ0v) is 10.7. The number of fused-ring (bicyclic) bond motifs is 1. The van der Waals surface area contributed by atoms with Gasteiger partial charge in [-0.15, -0.1) is 0 Å². The second-order valence-corrected chi connectivity index (χ2v) is 2.61. The Morgan fingerprint density at radius 3 is 1.54 bits per heavy atom. The molecule has 0 N–H and O–H groups in total. The Morgan fingerprint density at radius 1 is 0.769 bits per heavy atom. The molecule has 4 radical (unpaired) electrons. The molecule has 3 heteroatoms. The summed E-state index contributed by atoms with van der Waals surface area (Å²) in [5, 5.41) is 0. The molecule has 1 aromatic carbocycles. The van der Waals surface area contributed by atoms with Crippen LogP contribution in [0, 0.1) is 0 Å². The first-order valence-electron chi connectivity index (χ1n) is 3.65. The van der Waals surface area contributed by atoms with E-state index in [0.29, 0.717) is 11.1 Å². The van der Waals surface area contributed by atoms with E-state index in [9.17, 15) is 9.59 Å². The first-order chi connectivity index (χ1) is 5.79. The Morgan fingerprint density at radius 2 is 1.15 bits per heavy atom. The van der Waals surface area contributed by atoms with Gasteiger partial charge in [0.15, 0.2) is 11.6 Å². The molecule has 2 rings (SSSR count). The van der Waals surface area contributed by atoms with Crippen LogP contribution in [0.1, 0.15) is 20.7 Å². The van der Waals surface area contributed by atoms with E-state index in [2.05, 4.69) is 0 Å². The fraction of sp³-hybridized carbons (Fsp3) is 0. The quantitative estimate of drug-likeness (QED) is 0.649. The molecule has 1 aromatic rings. The number of hydrogen-bond donors (Lipinski definition) is 0. The van der Waals surface area contributed by atoms with Crippen LogP contribution in [0.2, 0.25) is 0 Å². The zero-order valence-electron chi connectivity index (χ0n) is 6.78. The van der Waals surface area contributed by atoms with Gasteiger partial charge in [0, 0.05) is 38.4 Å². The van der Waals surface area contributed by atoms with Gasteiger partial charge in [0.05, 0.1) is 0 Å². The largest absolute Gasteiger partial charge is 0.289 e. The van der Waals surface area contributed by atoms with Gasteiger partial charge in [0.25, 0.3) is 0 Å². The molecular weight excluding hydrogens is 359 g/mol. The van der Waals surface area contributed by atoms with Gasteiger partial charge in [-0.25, -0.2) is 0 Å². The van der Waals surface area contributed by atoms with E-state index >= 15 is 0 Å². The average molecular weight is 365 g/mol. The molecule has 0 aromatic heterocycles. The minimum atomic E-state index is -0.0924. The Kier molecular flexibility index (Phi) is 3.13. The SMILES string of the molecule is O=C1C=CC(=O)c2ccccc21.[Pb]. The van der Waals surface area contributed by atoms with Gasteiger partial charge in [0.1, 0.15) is 0 Å². The van der Waals surface area contributed by atoms with Crippen molar-refractivity contribution in [2.45, 2.75) is 0 Å². The molecule has 2 nitrogen and oxygen atoms in total. The molecule has 0 unspecified atom stereocenters. The molecule has 0 bridgehead atoms. The molecule has 0 aliphatic heterocycles. The molecule has 62 valence electrons. The number of allylic oxidation sites excluding steroid dienone is 2. The first-order valence-corrected chi connectivity index (χ1v) is 3.65. The third-order valence-corrected chi connectivity index (χ3v) is 1.84. The summed E-state index contributed by atoms with van der Waals surface area (Å²) in [5.41, 5.74) is 1.01. The van der Waals surface area contributed by atoms with Crippen molar-refractivity contribution in [1.82, 2.24) is 0 Å². The smallest absolute Gasteiger partial charge is 0.186 e. The fourth-order valence-electron chi connectivity index (χ4n) is 1.24. The van der Waals surface area contributed by atoms with Gasteiger partial charge in [-0.1, -0.05) is 24.3 Å². The van der Waals surface area contributed by atoms with Crippen molar-refractivity contribution in [3.05, 3.63) is 47.5 Å². The standard InChI is InChI=1S/C10H6O2.Pb/c11-9-5-6-10(12)8-4-2-1-3-7(8)9;/h1-6H;. The van der Waals surface area contributed by atoms with Crippen LogP contribution in [0.15, 0.2) is 36.4 Å². The van der Waals surface area contributed by atoms with Crippen molar-refractivity contribution >= 4 is 38.9 Å². The number of benzene rings is 1. The second kappa shape index (κ2) is 3.95. The predicted octanol–water partition coefficient (Wildman–Crippen LogP) is 1.24. The Labute approximate surface area is 95.8 Å². The van der Waals surface area contributed by atoms with E-state index in [-0.39, 0.29) is 38.9 Å². The summed E-state index contributed by atoms with van der Waals surface area (Å²) in [6, 6.07) is 6.84. The van der Waals surface area contributed by atoms with E-state index in [0.717, 1.165) is 0 Å². The van der Waals surface area contributed by atoms with Crippen molar-refractivity contribution in [3.63, 3.8) is 0 Å². The van der Waals surface area contributed by atoms with Crippen molar-refractivity contribution < 1.29 is 9.59 Å². The van der Waals surface area contributed by atoms with Crippen molar-refractivity contribution in [2.75, 3.05) is 0 Å². The van der Waals surface area contributed by atoms with E-state index in [4.69, 9.17) is 0 Å². The van der Waals surface area contributed by atoms with Gasteiger partial charge < -0.3 is 0 Å². The summed E-state index contributed by atoms with van der Waals surface area (Å²) in [7, 11) is 0. The maximum Gasteiger partial charge on any atom is 0.186 e. The maximum absolute atomic E-state index is 11.2. The Balaban J connectivity index is 0.000000845. The van der Waals surface area contributed by atoms with Crippen LogP contribution in [-0.4, -0.2) is 38.9 Å². The topological polar surface area (TPSA) is 34.1 Å². The van der Waals surface area contributed by atoms with Crippen LogP contribution in [0.3, 0.4) is 0 Å². The normalized spacial score (nSPS) is 13.5. The minimum absolute atomic E-state index is 0. The van der Waals surface area contributed by atoms with Gasteiger partial charge in [-0.05, 0) is 12.2 Å². The number of ketones is 2. The van der Waals surface area contributed by atoms with Crippen molar-refractivity contribution in [1.29, 1.82) is 0 Å². The molecule has 0 spiro atoms. The number of carbonyl (C=O) groups is 2. The summed E-state index contributed by atoms with van der Waals surface area (Å²) in [4.78, 5) is 22.4.